The van der Waals surface area contributed by atoms with Crippen molar-refractivity contribution in [3.63, 3.8) is 0 Å². The molecular weight excluding hydrogens is 270 g/mol. The number of hydrogen-bond donors (Lipinski definition) is 0. The van der Waals surface area contributed by atoms with Crippen LogP contribution in [-0.2, 0) is 0 Å². The zero-order valence-corrected chi connectivity index (χ0v) is 12.5. The first-order valence-electron chi connectivity index (χ1n) is 7.54. The van der Waals surface area contributed by atoms with Crippen molar-refractivity contribution in [2.75, 3.05) is 20.1 Å². The van der Waals surface area contributed by atoms with Crippen LogP contribution in [0, 0.1) is 0 Å². The maximum atomic E-state index is 4.83. The molecule has 108 valence electrons. The monoisotopic (exact) mass is 287 g/mol. The number of benzene rings is 2. The quantitative estimate of drug-likeness (QED) is 0.720. The minimum Gasteiger partial charge on any atom is -0.358 e. The molecule has 0 N–H and O–H groups in total. The second-order valence-corrected chi connectivity index (χ2v) is 5.57. The molecule has 4 rings (SSSR count). The van der Waals surface area contributed by atoms with Crippen molar-refractivity contribution in [1.29, 1.82) is 0 Å². The normalized spacial score (nSPS) is 14.4. The number of likely N-dealkylation sites (N-methyl/N-ethyl adjacent to an activating group) is 1. The molecule has 0 bridgehead atoms. The van der Waals surface area contributed by atoms with Gasteiger partial charge in [0.2, 0.25) is 0 Å². The van der Waals surface area contributed by atoms with Crippen LogP contribution in [0.3, 0.4) is 0 Å². The van der Waals surface area contributed by atoms with Gasteiger partial charge in [0.1, 0.15) is 5.84 Å². The maximum Gasteiger partial charge on any atom is 0.131 e. The van der Waals surface area contributed by atoms with Gasteiger partial charge in [0, 0.05) is 30.1 Å². The number of para-hydroxylation sites is 1. The molecule has 3 heteroatoms. The number of aliphatic imine (C=N–C) groups is 1. The first-order chi connectivity index (χ1) is 10.8. The molecule has 0 atom stereocenters. The maximum absolute atomic E-state index is 4.83. The topological polar surface area (TPSA) is 28.5 Å². The van der Waals surface area contributed by atoms with E-state index >= 15 is 0 Å². The van der Waals surface area contributed by atoms with E-state index in [0.29, 0.717) is 0 Å². The SMILES string of the molecule is CN1CCN=C1c1cc(-c2ccccc2)nc2ccccc12. The fraction of sp³-hybridized carbons (Fsp3) is 0.158. The minimum absolute atomic E-state index is 0.864. The van der Waals surface area contributed by atoms with Crippen LogP contribution in [0.4, 0.5) is 0 Å². The van der Waals surface area contributed by atoms with E-state index in [1.807, 2.05) is 24.3 Å². The van der Waals surface area contributed by atoms with Crippen LogP contribution in [0.2, 0.25) is 0 Å². The Morgan fingerprint density at radius 3 is 2.50 bits per heavy atom. The molecular formula is C19H17N3. The lowest BCUT2D eigenvalue weighted by Crippen LogP contribution is -2.23. The summed E-state index contributed by atoms with van der Waals surface area (Å²) in [5.74, 6) is 1.07. The summed E-state index contributed by atoms with van der Waals surface area (Å²) in [6, 6.07) is 20.8. The molecule has 0 radical (unpaired) electrons. The third-order valence-corrected chi connectivity index (χ3v) is 4.09. The van der Waals surface area contributed by atoms with Crippen LogP contribution < -0.4 is 0 Å². The van der Waals surface area contributed by atoms with Crippen molar-refractivity contribution in [3.05, 3.63) is 66.2 Å². The van der Waals surface area contributed by atoms with Crippen LogP contribution in [0.25, 0.3) is 22.2 Å². The van der Waals surface area contributed by atoms with Gasteiger partial charge in [-0.2, -0.15) is 0 Å². The predicted molar refractivity (Wildman–Crippen MR) is 91.2 cm³/mol. The average molecular weight is 287 g/mol. The van der Waals surface area contributed by atoms with Crippen molar-refractivity contribution < 1.29 is 0 Å². The Morgan fingerprint density at radius 1 is 0.955 bits per heavy atom. The summed E-state index contributed by atoms with van der Waals surface area (Å²) < 4.78 is 0. The van der Waals surface area contributed by atoms with Gasteiger partial charge in [0.25, 0.3) is 0 Å². The molecule has 1 aliphatic rings. The van der Waals surface area contributed by atoms with Crippen molar-refractivity contribution in [2.24, 2.45) is 4.99 Å². The van der Waals surface area contributed by atoms with Gasteiger partial charge in [0.05, 0.1) is 17.8 Å². The third-order valence-electron chi connectivity index (χ3n) is 4.09. The van der Waals surface area contributed by atoms with E-state index in [-0.39, 0.29) is 0 Å². The van der Waals surface area contributed by atoms with Crippen molar-refractivity contribution in [2.45, 2.75) is 0 Å². The highest BCUT2D eigenvalue weighted by Gasteiger charge is 2.18. The first kappa shape index (κ1) is 13.0. The minimum atomic E-state index is 0.864. The molecule has 1 aliphatic heterocycles. The molecule has 0 saturated carbocycles. The molecule has 1 aromatic heterocycles. The molecule has 0 aliphatic carbocycles. The molecule has 0 saturated heterocycles. The highest BCUT2D eigenvalue weighted by atomic mass is 15.2. The van der Waals surface area contributed by atoms with Gasteiger partial charge in [-0.3, -0.25) is 4.99 Å². The number of pyridine rings is 1. The summed E-state index contributed by atoms with van der Waals surface area (Å²) in [6.07, 6.45) is 0. The van der Waals surface area contributed by atoms with Crippen molar-refractivity contribution >= 4 is 16.7 Å². The van der Waals surface area contributed by atoms with Crippen molar-refractivity contribution in [3.8, 4) is 11.3 Å². The Hall–Kier alpha value is -2.68. The lowest BCUT2D eigenvalue weighted by molar-refractivity contribution is 0.557. The van der Waals surface area contributed by atoms with Gasteiger partial charge in [-0.05, 0) is 12.1 Å². The third kappa shape index (κ3) is 2.15. The predicted octanol–water partition coefficient (Wildman–Crippen LogP) is 3.59. The lowest BCUT2D eigenvalue weighted by atomic mass is 10.0. The lowest BCUT2D eigenvalue weighted by Gasteiger charge is -2.16. The largest absolute Gasteiger partial charge is 0.358 e. The number of aromatic nitrogens is 1. The molecule has 0 amide bonds. The Labute approximate surface area is 129 Å². The van der Waals surface area contributed by atoms with E-state index in [1.54, 1.807) is 0 Å². The van der Waals surface area contributed by atoms with Gasteiger partial charge in [-0.25, -0.2) is 4.98 Å². The molecule has 22 heavy (non-hydrogen) atoms. The summed E-state index contributed by atoms with van der Waals surface area (Å²) in [4.78, 5) is 11.7. The van der Waals surface area contributed by atoms with E-state index in [9.17, 15) is 0 Å². The smallest absolute Gasteiger partial charge is 0.131 e. The Balaban J connectivity index is 1.98. The van der Waals surface area contributed by atoms with E-state index in [1.165, 1.54) is 5.56 Å². The molecule has 2 aromatic carbocycles. The molecule has 0 spiro atoms. The zero-order chi connectivity index (χ0) is 14.9. The fourth-order valence-corrected chi connectivity index (χ4v) is 2.94. The van der Waals surface area contributed by atoms with Gasteiger partial charge in [-0.15, -0.1) is 0 Å². The van der Waals surface area contributed by atoms with Crippen LogP contribution >= 0.6 is 0 Å². The highest BCUT2D eigenvalue weighted by Crippen LogP contribution is 2.26. The summed E-state index contributed by atoms with van der Waals surface area (Å²) in [6.45, 7) is 1.84. The number of rotatable bonds is 2. The van der Waals surface area contributed by atoms with Crippen molar-refractivity contribution in [1.82, 2.24) is 9.88 Å². The Morgan fingerprint density at radius 2 is 1.73 bits per heavy atom. The first-order valence-corrected chi connectivity index (χ1v) is 7.54. The van der Waals surface area contributed by atoms with Crippen LogP contribution in [0.5, 0.6) is 0 Å². The number of amidine groups is 1. The van der Waals surface area contributed by atoms with E-state index in [0.717, 1.165) is 41.1 Å². The van der Waals surface area contributed by atoms with Crippen LogP contribution in [0.1, 0.15) is 5.56 Å². The van der Waals surface area contributed by atoms with Gasteiger partial charge in [0.15, 0.2) is 0 Å². The fourth-order valence-electron chi connectivity index (χ4n) is 2.94. The van der Waals surface area contributed by atoms with Gasteiger partial charge < -0.3 is 4.90 Å². The molecule has 0 fully saturated rings. The summed E-state index contributed by atoms with van der Waals surface area (Å²) in [7, 11) is 2.10. The van der Waals surface area contributed by atoms with E-state index in [2.05, 4.69) is 53.3 Å². The Kier molecular flexibility index (Phi) is 3.11. The summed E-state index contributed by atoms with van der Waals surface area (Å²) in [5, 5.41) is 1.16. The summed E-state index contributed by atoms with van der Waals surface area (Å²) >= 11 is 0. The number of hydrogen-bond acceptors (Lipinski definition) is 3. The van der Waals surface area contributed by atoms with Gasteiger partial charge >= 0.3 is 0 Å². The Bertz CT molecular complexity index is 853. The average Bonchev–Trinajstić information content (AvgIpc) is 3.00. The summed E-state index contributed by atoms with van der Waals surface area (Å²) in [5.41, 5.74) is 4.32. The highest BCUT2D eigenvalue weighted by molar-refractivity contribution is 6.10. The number of nitrogens with zero attached hydrogens (tertiary/aromatic N) is 3. The molecule has 3 nitrogen and oxygen atoms in total. The van der Waals surface area contributed by atoms with Gasteiger partial charge in [-0.1, -0.05) is 48.5 Å². The van der Waals surface area contributed by atoms with Crippen LogP contribution in [0.15, 0.2) is 65.7 Å². The second-order valence-electron chi connectivity index (χ2n) is 5.57. The molecule has 2 heterocycles. The number of fused-ring (bicyclic) bond motifs is 1. The molecule has 3 aromatic rings. The van der Waals surface area contributed by atoms with E-state index in [4.69, 9.17) is 4.98 Å². The standard InChI is InChI=1S/C19H17N3/c1-22-12-11-20-19(22)16-13-18(14-7-3-2-4-8-14)21-17-10-6-5-9-15(16)17/h2-10,13H,11-12H2,1H3. The van der Waals surface area contributed by atoms with E-state index < -0.39 is 0 Å². The zero-order valence-electron chi connectivity index (χ0n) is 12.5. The van der Waals surface area contributed by atoms with Crippen LogP contribution in [-0.4, -0.2) is 35.9 Å². The second kappa shape index (κ2) is 5.26. The molecule has 0 unspecified atom stereocenters.